The Morgan fingerprint density at radius 1 is 1.00 bits per heavy atom. The summed E-state index contributed by atoms with van der Waals surface area (Å²) in [4.78, 5) is 30.1. The highest BCUT2D eigenvalue weighted by Crippen LogP contribution is 2.22. The second-order valence-corrected chi connectivity index (χ2v) is 6.27. The highest BCUT2D eigenvalue weighted by Gasteiger charge is 2.34. The predicted octanol–water partition coefficient (Wildman–Crippen LogP) is 2.06. The van der Waals surface area contributed by atoms with E-state index in [0.717, 1.165) is 37.5 Å². The molecule has 1 aromatic carbocycles. The van der Waals surface area contributed by atoms with Gasteiger partial charge in [0.2, 0.25) is 0 Å². The van der Waals surface area contributed by atoms with Gasteiger partial charge in [0, 0.05) is 33.1 Å². The van der Waals surface area contributed by atoms with Crippen LogP contribution in [0.15, 0.2) is 52.1 Å². The van der Waals surface area contributed by atoms with Crippen molar-refractivity contribution in [2.45, 2.75) is 19.3 Å². The largest absolute Gasteiger partial charge is 0.469 e. The number of furan rings is 1. The smallest absolute Gasteiger partial charge is 0.261 e. The SMILES string of the molecule is CN=C(NCCCCN1C(=O)c2ccccc2C1=O)NCCc1ccco1. The molecule has 0 bridgehead atoms. The summed E-state index contributed by atoms with van der Waals surface area (Å²) < 4.78 is 5.29. The van der Waals surface area contributed by atoms with E-state index in [-0.39, 0.29) is 11.8 Å². The van der Waals surface area contributed by atoms with E-state index in [2.05, 4.69) is 15.6 Å². The Labute approximate surface area is 158 Å². The lowest BCUT2D eigenvalue weighted by Gasteiger charge is -2.14. The van der Waals surface area contributed by atoms with Gasteiger partial charge >= 0.3 is 0 Å². The Morgan fingerprint density at radius 3 is 2.33 bits per heavy atom. The number of hydrogen-bond donors (Lipinski definition) is 2. The molecule has 0 atom stereocenters. The maximum absolute atomic E-state index is 12.3. The fourth-order valence-electron chi connectivity index (χ4n) is 3.02. The molecule has 0 radical (unpaired) electrons. The Morgan fingerprint density at radius 2 is 1.70 bits per heavy atom. The molecule has 2 N–H and O–H groups in total. The fourth-order valence-corrected chi connectivity index (χ4v) is 3.02. The van der Waals surface area contributed by atoms with Gasteiger partial charge in [-0.25, -0.2) is 0 Å². The topological polar surface area (TPSA) is 86.9 Å². The van der Waals surface area contributed by atoms with Gasteiger partial charge in [-0.05, 0) is 37.1 Å². The number of nitrogens with one attached hydrogen (secondary N) is 2. The summed E-state index contributed by atoms with van der Waals surface area (Å²) in [5.41, 5.74) is 1.00. The number of fused-ring (bicyclic) bond motifs is 1. The molecular formula is C20H24N4O3. The van der Waals surface area contributed by atoms with Crippen LogP contribution in [0, 0.1) is 0 Å². The molecule has 0 unspecified atom stereocenters. The Kier molecular flexibility index (Phi) is 6.25. The number of aliphatic imine (C=N–C) groups is 1. The van der Waals surface area contributed by atoms with Gasteiger partial charge in [0.1, 0.15) is 5.76 Å². The van der Waals surface area contributed by atoms with Crippen LogP contribution in [0.2, 0.25) is 0 Å². The van der Waals surface area contributed by atoms with Crippen molar-refractivity contribution in [3.8, 4) is 0 Å². The zero-order valence-corrected chi connectivity index (χ0v) is 15.4. The maximum atomic E-state index is 12.3. The van der Waals surface area contributed by atoms with Crippen LogP contribution in [0.1, 0.15) is 39.3 Å². The number of carbonyl (C=O) groups excluding carboxylic acids is 2. The minimum atomic E-state index is -0.195. The van der Waals surface area contributed by atoms with E-state index in [1.165, 1.54) is 4.90 Å². The molecule has 0 fully saturated rings. The monoisotopic (exact) mass is 368 g/mol. The summed E-state index contributed by atoms with van der Waals surface area (Å²) in [6.45, 7) is 1.87. The number of imide groups is 1. The van der Waals surface area contributed by atoms with Gasteiger partial charge in [-0.2, -0.15) is 0 Å². The van der Waals surface area contributed by atoms with E-state index >= 15 is 0 Å². The molecule has 2 heterocycles. The van der Waals surface area contributed by atoms with E-state index < -0.39 is 0 Å². The van der Waals surface area contributed by atoms with Gasteiger partial charge in [-0.1, -0.05) is 12.1 Å². The van der Waals surface area contributed by atoms with Crippen LogP contribution in [0.25, 0.3) is 0 Å². The minimum Gasteiger partial charge on any atom is -0.469 e. The van der Waals surface area contributed by atoms with Gasteiger partial charge in [-0.3, -0.25) is 19.5 Å². The van der Waals surface area contributed by atoms with Crippen molar-refractivity contribution < 1.29 is 14.0 Å². The summed E-state index contributed by atoms with van der Waals surface area (Å²) >= 11 is 0. The number of benzene rings is 1. The normalized spacial score (nSPS) is 13.8. The van der Waals surface area contributed by atoms with Crippen LogP contribution in [-0.4, -0.2) is 49.4 Å². The summed E-state index contributed by atoms with van der Waals surface area (Å²) in [7, 11) is 1.72. The first-order valence-corrected chi connectivity index (χ1v) is 9.13. The highest BCUT2D eigenvalue weighted by molar-refractivity contribution is 6.21. The number of hydrogen-bond acceptors (Lipinski definition) is 4. The van der Waals surface area contributed by atoms with Crippen molar-refractivity contribution in [1.82, 2.24) is 15.5 Å². The van der Waals surface area contributed by atoms with Crippen molar-refractivity contribution in [3.63, 3.8) is 0 Å². The van der Waals surface area contributed by atoms with E-state index in [9.17, 15) is 9.59 Å². The molecule has 7 nitrogen and oxygen atoms in total. The second-order valence-electron chi connectivity index (χ2n) is 6.27. The first-order chi connectivity index (χ1) is 13.2. The van der Waals surface area contributed by atoms with Crippen LogP contribution in [0.4, 0.5) is 0 Å². The number of guanidine groups is 1. The number of rotatable bonds is 8. The molecule has 1 aliphatic heterocycles. The quantitative estimate of drug-likeness (QED) is 0.322. The first-order valence-electron chi connectivity index (χ1n) is 9.13. The van der Waals surface area contributed by atoms with Crippen molar-refractivity contribution in [2.24, 2.45) is 4.99 Å². The predicted molar refractivity (Wildman–Crippen MR) is 103 cm³/mol. The fraction of sp³-hybridized carbons (Fsp3) is 0.350. The lowest BCUT2D eigenvalue weighted by atomic mass is 10.1. The van der Waals surface area contributed by atoms with E-state index in [0.29, 0.717) is 24.2 Å². The zero-order valence-electron chi connectivity index (χ0n) is 15.4. The molecule has 0 saturated heterocycles. The Hall–Kier alpha value is -3.09. The summed E-state index contributed by atoms with van der Waals surface area (Å²) in [5, 5.41) is 6.46. The standard InChI is InChI=1S/C20H24N4O3/c1-21-20(23-12-10-15-7-6-14-27-15)22-11-4-5-13-24-18(25)16-8-2-3-9-17(16)19(24)26/h2-3,6-9,14H,4-5,10-13H2,1H3,(H2,21,22,23). The molecule has 2 amide bonds. The van der Waals surface area contributed by atoms with Crippen molar-refractivity contribution in [1.29, 1.82) is 0 Å². The lowest BCUT2D eigenvalue weighted by molar-refractivity contribution is 0.0652. The van der Waals surface area contributed by atoms with Crippen LogP contribution in [-0.2, 0) is 6.42 Å². The first kappa shape index (κ1) is 18.7. The van der Waals surface area contributed by atoms with E-state index in [4.69, 9.17) is 4.42 Å². The molecule has 142 valence electrons. The van der Waals surface area contributed by atoms with Crippen molar-refractivity contribution in [2.75, 3.05) is 26.7 Å². The van der Waals surface area contributed by atoms with Crippen LogP contribution >= 0.6 is 0 Å². The van der Waals surface area contributed by atoms with Crippen molar-refractivity contribution >= 4 is 17.8 Å². The molecule has 1 aromatic heterocycles. The summed E-state index contributed by atoms with van der Waals surface area (Å²) in [5.74, 6) is 1.26. The molecular weight excluding hydrogens is 344 g/mol. The van der Waals surface area contributed by atoms with Gasteiger partial charge in [-0.15, -0.1) is 0 Å². The maximum Gasteiger partial charge on any atom is 0.261 e. The molecule has 27 heavy (non-hydrogen) atoms. The molecule has 0 aliphatic carbocycles. The molecule has 7 heteroatoms. The molecule has 3 rings (SSSR count). The average molecular weight is 368 g/mol. The number of amides is 2. The van der Waals surface area contributed by atoms with Gasteiger partial charge in [0.25, 0.3) is 11.8 Å². The van der Waals surface area contributed by atoms with Crippen LogP contribution in [0.3, 0.4) is 0 Å². The lowest BCUT2D eigenvalue weighted by Crippen LogP contribution is -2.39. The van der Waals surface area contributed by atoms with Crippen molar-refractivity contribution in [3.05, 3.63) is 59.5 Å². The van der Waals surface area contributed by atoms with Crippen LogP contribution < -0.4 is 10.6 Å². The Bertz CT molecular complexity index is 779. The van der Waals surface area contributed by atoms with E-state index in [1.807, 2.05) is 12.1 Å². The average Bonchev–Trinajstić information content (AvgIpc) is 3.29. The zero-order chi connectivity index (χ0) is 19.1. The molecule has 0 spiro atoms. The Balaban J connectivity index is 1.34. The molecule has 2 aromatic rings. The third-order valence-corrected chi connectivity index (χ3v) is 4.45. The van der Waals surface area contributed by atoms with Gasteiger partial charge in [0.15, 0.2) is 5.96 Å². The molecule has 1 aliphatic rings. The molecule has 0 saturated carbocycles. The number of carbonyl (C=O) groups is 2. The van der Waals surface area contributed by atoms with Gasteiger partial charge in [0.05, 0.1) is 17.4 Å². The third-order valence-electron chi connectivity index (χ3n) is 4.45. The van der Waals surface area contributed by atoms with Crippen LogP contribution in [0.5, 0.6) is 0 Å². The van der Waals surface area contributed by atoms with Gasteiger partial charge < -0.3 is 15.1 Å². The number of unbranched alkanes of at least 4 members (excludes halogenated alkanes) is 1. The highest BCUT2D eigenvalue weighted by atomic mass is 16.3. The number of nitrogens with zero attached hydrogens (tertiary/aromatic N) is 2. The summed E-state index contributed by atoms with van der Waals surface area (Å²) in [6.07, 6.45) is 4.01. The minimum absolute atomic E-state index is 0.195. The third kappa shape index (κ3) is 4.55. The second kappa shape index (κ2) is 9.02. The van der Waals surface area contributed by atoms with E-state index in [1.54, 1.807) is 37.6 Å². The summed E-state index contributed by atoms with van der Waals surface area (Å²) in [6, 6.07) is 10.8.